The molecule has 0 aliphatic heterocycles. The Morgan fingerprint density at radius 2 is 0.611 bits per heavy atom. The molecule has 0 aromatic carbocycles. The van der Waals surface area contributed by atoms with Gasteiger partial charge in [-0.05, 0) is 25.7 Å². The van der Waals surface area contributed by atoms with Gasteiger partial charge >= 0.3 is 11.9 Å². The Morgan fingerprint density at radius 3 is 0.806 bits per heavy atom. The molecule has 0 saturated heterocycles. The first kappa shape index (κ1) is 36.6. The molecule has 36 heavy (non-hydrogen) atoms. The van der Waals surface area contributed by atoms with E-state index in [2.05, 4.69) is 27.0 Å². The second kappa shape index (κ2) is 29.6. The van der Waals surface area contributed by atoms with Crippen LogP contribution in [-0.2, 0) is 9.59 Å². The zero-order valence-corrected chi connectivity index (χ0v) is 24.1. The molecule has 4 nitrogen and oxygen atoms in total. The number of hydrogen-bond donors (Lipinski definition) is 2. The van der Waals surface area contributed by atoms with Crippen molar-refractivity contribution in [2.24, 2.45) is 0 Å². The van der Waals surface area contributed by atoms with Crippen molar-refractivity contribution in [3.8, 4) is 0 Å². The summed E-state index contributed by atoms with van der Waals surface area (Å²) >= 11 is 0. The van der Waals surface area contributed by atoms with Crippen LogP contribution in [0.2, 0.25) is 0 Å². The molecule has 0 aliphatic rings. The monoisotopic (exact) mass is 508 g/mol. The third kappa shape index (κ3) is 30.5. The normalized spacial score (nSPS) is 10.5. The Bertz CT molecular complexity index is 490. The fourth-order valence-electron chi connectivity index (χ4n) is 4.22. The van der Waals surface area contributed by atoms with Crippen molar-refractivity contribution < 1.29 is 19.8 Å². The van der Waals surface area contributed by atoms with E-state index in [1.54, 1.807) is 0 Å². The lowest BCUT2D eigenvalue weighted by Crippen LogP contribution is -1.98. The van der Waals surface area contributed by atoms with Crippen molar-refractivity contribution in [2.45, 2.75) is 168 Å². The van der Waals surface area contributed by atoms with Crippen LogP contribution in [0.3, 0.4) is 0 Å². The number of carbonyl (C=O) groups is 2. The molecule has 0 aliphatic carbocycles. The highest BCUT2D eigenvalue weighted by atomic mass is 16.4. The van der Waals surface area contributed by atoms with Crippen LogP contribution in [-0.4, -0.2) is 22.2 Å². The molecule has 2 N–H and O–H groups in total. The maximum absolute atomic E-state index is 10.5. The molecule has 0 amide bonds. The van der Waals surface area contributed by atoms with Crippen LogP contribution in [0.4, 0.5) is 0 Å². The molecule has 0 unspecified atom stereocenters. The van der Waals surface area contributed by atoms with Gasteiger partial charge in [-0.25, -0.2) is 9.59 Å². The predicted octanol–water partition coefficient (Wildman–Crippen LogP) is 10.7. The highest BCUT2D eigenvalue weighted by Crippen LogP contribution is 2.14. The number of unbranched alkanes of at least 4 members (excludes halogenated alkanes) is 20. The van der Waals surface area contributed by atoms with Crippen LogP contribution in [0.15, 0.2) is 24.3 Å². The summed E-state index contributed by atoms with van der Waals surface area (Å²) in [5, 5.41) is 17.3. The van der Waals surface area contributed by atoms with Gasteiger partial charge in [0, 0.05) is 11.1 Å². The highest BCUT2D eigenvalue weighted by Gasteiger charge is 2.03. The largest absolute Gasteiger partial charge is 0.478 e. The Kier molecular flexibility index (Phi) is 30.1. The van der Waals surface area contributed by atoms with Crippen LogP contribution >= 0.6 is 0 Å². The van der Waals surface area contributed by atoms with Gasteiger partial charge in [0.15, 0.2) is 0 Å². The van der Waals surface area contributed by atoms with Crippen LogP contribution in [0.5, 0.6) is 0 Å². The second-order valence-corrected chi connectivity index (χ2v) is 10.4. The van der Waals surface area contributed by atoms with Gasteiger partial charge in [-0.1, -0.05) is 155 Å². The van der Waals surface area contributed by atoms with Crippen LogP contribution < -0.4 is 0 Å². The van der Waals surface area contributed by atoms with Gasteiger partial charge in [0.1, 0.15) is 0 Å². The third-order valence-electron chi connectivity index (χ3n) is 6.77. The van der Waals surface area contributed by atoms with Crippen molar-refractivity contribution in [2.75, 3.05) is 0 Å². The van der Waals surface area contributed by atoms with Gasteiger partial charge in [0.05, 0.1) is 0 Å². The zero-order chi connectivity index (χ0) is 27.3. The van der Waals surface area contributed by atoms with Crippen molar-refractivity contribution in [3.05, 3.63) is 24.3 Å². The molecule has 0 rings (SSSR count). The van der Waals surface area contributed by atoms with E-state index < -0.39 is 11.9 Å². The molecule has 0 spiro atoms. The zero-order valence-electron chi connectivity index (χ0n) is 24.1. The smallest absolute Gasteiger partial charge is 0.330 e. The summed E-state index contributed by atoms with van der Waals surface area (Å²) < 4.78 is 0. The van der Waals surface area contributed by atoms with E-state index >= 15 is 0 Å². The van der Waals surface area contributed by atoms with E-state index in [1.807, 2.05) is 0 Å². The lowest BCUT2D eigenvalue weighted by atomic mass is 10.0. The average molecular weight is 509 g/mol. The Morgan fingerprint density at radius 1 is 0.417 bits per heavy atom. The van der Waals surface area contributed by atoms with Gasteiger partial charge in [-0.3, -0.25) is 0 Å². The minimum atomic E-state index is -0.845. The maximum atomic E-state index is 10.5. The quantitative estimate of drug-likeness (QED) is 0.0899. The van der Waals surface area contributed by atoms with Crippen molar-refractivity contribution in [3.63, 3.8) is 0 Å². The molecule has 0 atom stereocenters. The molecule has 0 radical (unpaired) electrons. The van der Waals surface area contributed by atoms with E-state index in [-0.39, 0.29) is 0 Å². The summed E-state index contributed by atoms with van der Waals surface area (Å²) in [6.07, 6.45) is 29.8. The van der Waals surface area contributed by atoms with E-state index in [1.165, 1.54) is 116 Å². The minimum Gasteiger partial charge on any atom is -0.478 e. The van der Waals surface area contributed by atoms with Gasteiger partial charge < -0.3 is 10.2 Å². The first-order chi connectivity index (χ1) is 17.4. The highest BCUT2D eigenvalue weighted by molar-refractivity contribution is 5.85. The molecule has 212 valence electrons. The molecule has 0 aromatic rings. The summed E-state index contributed by atoms with van der Waals surface area (Å²) in [5.74, 6) is -1.69. The topological polar surface area (TPSA) is 74.6 Å². The summed E-state index contributed by atoms with van der Waals surface area (Å²) in [6, 6.07) is 0. The SMILES string of the molecule is C=C(CCCCCCCCCCCCC)C(=O)O.C=C(CCCCCCCCCCCCC)C(=O)O. The van der Waals surface area contributed by atoms with E-state index in [4.69, 9.17) is 10.2 Å². The third-order valence-corrected chi connectivity index (χ3v) is 6.77. The summed E-state index contributed by atoms with van der Waals surface area (Å²) in [7, 11) is 0. The predicted molar refractivity (Wildman–Crippen MR) is 156 cm³/mol. The van der Waals surface area contributed by atoms with Crippen LogP contribution in [0, 0.1) is 0 Å². The van der Waals surface area contributed by atoms with Crippen molar-refractivity contribution >= 4 is 11.9 Å². The number of hydrogen-bond acceptors (Lipinski definition) is 2. The lowest BCUT2D eigenvalue weighted by Gasteiger charge is -2.02. The fraction of sp³-hybridized carbons (Fsp3) is 0.812. The van der Waals surface area contributed by atoms with E-state index in [9.17, 15) is 9.59 Å². The first-order valence-corrected chi connectivity index (χ1v) is 15.2. The number of carboxylic acids is 2. The number of aliphatic carboxylic acids is 2. The summed E-state index contributed by atoms with van der Waals surface area (Å²) in [4.78, 5) is 21.0. The Hall–Kier alpha value is -1.58. The molecular weight excluding hydrogens is 448 g/mol. The van der Waals surface area contributed by atoms with Crippen molar-refractivity contribution in [1.29, 1.82) is 0 Å². The summed E-state index contributed by atoms with van der Waals surface area (Å²) in [6.45, 7) is 11.6. The molecule has 0 bridgehead atoms. The van der Waals surface area contributed by atoms with Crippen LogP contribution in [0.1, 0.15) is 168 Å². The lowest BCUT2D eigenvalue weighted by molar-refractivity contribution is -0.133. The Balaban J connectivity index is 0. The van der Waals surface area contributed by atoms with Gasteiger partial charge in [-0.15, -0.1) is 0 Å². The number of rotatable bonds is 26. The number of carboxylic acid groups (broad SMARTS) is 2. The van der Waals surface area contributed by atoms with Gasteiger partial charge in [-0.2, -0.15) is 0 Å². The first-order valence-electron chi connectivity index (χ1n) is 15.2. The van der Waals surface area contributed by atoms with Crippen molar-refractivity contribution in [1.82, 2.24) is 0 Å². The molecule has 0 fully saturated rings. The van der Waals surface area contributed by atoms with E-state index in [0.717, 1.165) is 25.7 Å². The van der Waals surface area contributed by atoms with Crippen LogP contribution in [0.25, 0.3) is 0 Å². The molecule has 0 heterocycles. The van der Waals surface area contributed by atoms with Gasteiger partial charge in [0.2, 0.25) is 0 Å². The van der Waals surface area contributed by atoms with E-state index in [0.29, 0.717) is 24.0 Å². The molecular formula is C32H60O4. The molecule has 4 heteroatoms. The maximum Gasteiger partial charge on any atom is 0.330 e. The molecule has 0 saturated carbocycles. The summed E-state index contributed by atoms with van der Waals surface area (Å²) in [5.41, 5.74) is 0.705. The average Bonchev–Trinajstić information content (AvgIpc) is 2.85. The minimum absolute atomic E-state index is 0.353. The second-order valence-electron chi connectivity index (χ2n) is 10.4. The van der Waals surface area contributed by atoms with Gasteiger partial charge in [0.25, 0.3) is 0 Å². The fourth-order valence-corrected chi connectivity index (χ4v) is 4.22. The Labute approximate surface area is 224 Å². The standard InChI is InChI=1S/2C16H30O2/c2*1-3-4-5-6-7-8-9-10-11-12-13-14-15(2)16(17)18/h2*2-14H2,1H3,(H,17,18). The molecule has 0 aromatic heterocycles.